The highest BCUT2D eigenvalue weighted by Gasteiger charge is 2.26. The fourth-order valence-electron chi connectivity index (χ4n) is 4.67. The van der Waals surface area contributed by atoms with E-state index in [9.17, 15) is 19.5 Å². The Bertz CT molecular complexity index is 1310. The highest BCUT2D eigenvalue weighted by Crippen LogP contribution is 2.30. The number of esters is 1. The van der Waals surface area contributed by atoms with Crippen molar-refractivity contribution in [2.24, 2.45) is 4.99 Å². The van der Waals surface area contributed by atoms with Gasteiger partial charge in [-0.2, -0.15) is 0 Å². The summed E-state index contributed by atoms with van der Waals surface area (Å²) in [5.74, 6) is -0.969. The molecule has 1 aliphatic carbocycles. The molecule has 1 aliphatic rings. The lowest BCUT2D eigenvalue weighted by Crippen LogP contribution is -2.36. The number of aromatic hydroxyl groups is 1. The molecule has 0 saturated heterocycles. The van der Waals surface area contributed by atoms with E-state index >= 15 is 0 Å². The first-order valence-corrected chi connectivity index (χ1v) is 11.2. The predicted molar refractivity (Wildman–Crippen MR) is 125 cm³/mol. The maximum atomic E-state index is 12.6. The minimum absolute atomic E-state index is 0.104. The lowest BCUT2D eigenvalue weighted by Gasteiger charge is -2.25. The van der Waals surface area contributed by atoms with Gasteiger partial charge >= 0.3 is 11.7 Å². The van der Waals surface area contributed by atoms with E-state index in [-0.39, 0.29) is 23.7 Å². The third-order valence-electron chi connectivity index (χ3n) is 6.33. The number of fused-ring (bicyclic) bond motifs is 1. The molecule has 1 unspecified atom stereocenters. The van der Waals surface area contributed by atoms with Crippen molar-refractivity contribution in [2.45, 2.75) is 57.5 Å². The minimum atomic E-state index is -0.928. The molecule has 4 rings (SSSR count). The zero-order valence-electron chi connectivity index (χ0n) is 18.8. The highest BCUT2D eigenvalue weighted by atomic mass is 16.5. The van der Waals surface area contributed by atoms with E-state index in [1.54, 1.807) is 6.92 Å². The molecule has 1 saturated carbocycles. The molecule has 2 heterocycles. The number of H-pyrrole nitrogens is 2. The van der Waals surface area contributed by atoms with Gasteiger partial charge in [0.1, 0.15) is 5.56 Å². The van der Waals surface area contributed by atoms with Crippen molar-refractivity contribution in [3.8, 4) is 5.88 Å². The van der Waals surface area contributed by atoms with Gasteiger partial charge in [-0.3, -0.25) is 19.3 Å². The van der Waals surface area contributed by atoms with E-state index in [4.69, 9.17) is 4.74 Å². The summed E-state index contributed by atoms with van der Waals surface area (Å²) in [7, 11) is 1.28. The van der Waals surface area contributed by atoms with Crippen molar-refractivity contribution in [3.05, 3.63) is 62.4 Å². The van der Waals surface area contributed by atoms with Crippen molar-refractivity contribution in [3.63, 3.8) is 0 Å². The van der Waals surface area contributed by atoms with Crippen LogP contribution in [-0.2, 0) is 16.0 Å². The molecule has 3 N–H and O–H groups in total. The first-order valence-electron chi connectivity index (χ1n) is 11.2. The monoisotopic (exact) mass is 452 g/mol. The van der Waals surface area contributed by atoms with Crippen LogP contribution in [-0.4, -0.2) is 44.5 Å². The van der Waals surface area contributed by atoms with Crippen LogP contribution in [0, 0.1) is 0 Å². The molecule has 0 aliphatic heterocycles. The predicted octanol–water partition coefficient (Wildman–Crippen LogP) is 2.82. The summed E-state index contributed by atoms with van der Waals surface area (Å²) in [4.78, 5) is 47.6. The molecular weight excluding hydrogens is 424 g/mol. The highest BCUT2D eigenvalue weighted by molar-refractivity contribution is 6.01. The average molecular weight is 453 g/mol. The Balaban J connectivity index is 1.73. The van der Waals surface area contributed by atoms with Crippen LogP contribution in [0.2, 0.25) is 0 Å². The molecule has 1 atom stereocenters. The first-order chi connectivity index (χ1) is 15.9. The number of para-hydroxylation sites is 1. The Morgan fingerprint density at radius 1 is 1.24 bits per heavy atom. The number of nitrogens with one attached hydrogen (secondary N) is 2. The zero-order valence-corrected chi connectivity index (χ0v) is 18.8. The first kappa shape index (κ1) is 22.6. The molecule has 2 aromatic heterocycles. The van der Waals surface area contributed by atoms with Gasteiger partial charge in [0.25, 0.3) is 5.56 Å². The number of rotatable bonds is 6. The number of ether oxygens (including phenoxy) is 1. The van der Waals surface area contributed by atoms with Crippen LogP contribution in [0.1, 0.15) is 56.2 Å². The summed E-state index contributed by atoms with van der Waals surface area (Å²) in [6.07, 6.45) is 6.55. The van der Waals surface area contributed by atoms with Gasteiger partial charge < -0.3 is 14.8 Å². The van der Waals surface area contributed by atoms with Crippen molar-refractivity contribution in [2.75, 3.05) is 7.11 Å². The van der Waals surface area contributed by atoms with Crippen molar-refractivity contribution < 1.29 is 14.6 Å². The van der Waals surface area contributed by atoms with Crippen molar-refractivity contribution in [1.29, 1.82) is 0 Å². The van der Waals surface area contributed by atoms with Gasteiger partial charge in [-0.1, -0.05) is 37.5 Å². The minimum Gasteiger partial charge on any atom is -0.494 e. The zero-order chi connectivity index (χ0) is 23.5. The van der Waals surface area contributed by atoms with Gasteiger partial charge in [0.15, 0.2) is 6.04 Å². The Morgan fingerprint density at radius 2 is 1.97 bits per heavy atom. The Morgan fingerprint density at radius 3 is 2.70 bits per heavy atom. The Labute approximate surface area is 190 Å². The molecule has 9 nitrogen and oxygen atoms in total. The smallest absolute Gasteiger partial charge is 0.331 e. The Hall–Kier alpha value is -3.62. The summed E-state index contributed by atoms with van der Waals surface area (Å²) < 4.78 is 6.20. The molecule has 9 heteroatoms. The molecule has 0 bridgehead atoms. The summed E-state index contributed by atoms with van der Waals surface area (Å²) >= 11 is 0. The fourth-order valence-corrected chi connectivity index (χ4v) is 4.67. The number of aliphatic imine (C=N–C) groups is 1. The van der Waals surface area contributed by atoms with Crippen molar-refractivity contribution in [1.82, 2.24) is 14.5 Å². The average Bonchev–Trinajstić information content (AvgIpc) is 3.21. The van der Waals surface area contributed by atoms with E-state index < -0.39 is 29.1 Å². The molecule has 33 heavy (non-hydrogen) atoms. The van der Waals surface area contributed by atoms with E-state index in [1.165, 1.54) is 11.7 Å². The van der Waals surface area contributed by atoms with E-state index in [1.807, 2.05) is 30.5 Å². The van der Waals surface area contributed by atoms with Crippen LogP contribution in [0.25, 0.3) is 10.9 Å². The largest absolute Gasteiger partial charge is 0.494 e. The SMILES string of the molecule is COC(=O)C(Cc1c[nH]c2ccccc12)N=C(C)c1c(O)n(C2CCCCC2)c(=O)[nH]c1=O. The molecule has 0 amide bonds. The van der Waals surface area contributed by atoms with Crippen LogP contribution >= 0.6 is 0 Å². The van der Waals surface area contributed by atoms with E-state index in [2.05, 4.69) is 15.0 Å². The second kappa shape index (κ2) is 9.48. The third-order valence-corrected chi connectivity index (χ3v) is 6.33. The third kappa shape index (κ3) is 4.48. The standard InChI is InChI=1S/C24H28N4O5/c1-14(20-21(29)27-24(32)28(22(20)30)16-8-4-3-5-9-16)26-19(23(31)33-2)12-15-13-25-18-11-7-6-10-17(15)18/h6-7,10-11,13,16,19,25,30H,3-5,8-9,12H2,1-2H3,(H,27,29,32). The topological polar surface area (TPSA) is 130 Å². The maximum Gasteiger partial charge on any atom is 0.331 e. The second-order valence-corrected chi connectivity index (χ2v) is 8.44. The van der Waals surface area contributed by atoms with Gasteiger partial charge in [-0.25, -0.2) is 9.59 Å². The number of aromatic amines is 2. The van der Waals surface area contributed by atoms with Gasteiger partial charge in [-0.15, -0.1) is 0 Å². The molecule has 0 spiro atoms. The number of hydrogen-bond acceptors (Lipinski definition) is 6. The fraction of sp³-hybridized carbons (Fsp3) is 0.417. The summed E-state index contributed by atoms with van der Waals surface area (Å²) in [5.41, 5.74) is 0.501. The molecule has 1 aromatic carbocycles. The molecule has 0 radical (unpaired) electrons. The number of hydrogen-bond donors (Lipinski definition) is 3. The maximum absolute atomic E-state index is 12.6. The number of methoxy groups -OCH3 is 1. The van der Waals surface area contributed by atoms with Crippen LogP contribution in [0.15, 0.2) is 45.0 Å². The normalized spacial score (nSPS) is 16.1. The summed E-state index contributed by atoms with van der Waals surface area (Å²) in [6.45, 7) is 1.55. The van der Waals surface area contributed by atoms with Gasteiger partial charge in [0, 0.05) is 29.6 Å². The number of nitrogens with zero attached hydrogens (tertiary/aromatic N) is 2. The summed E-state index contributed by atoms with van der Waals surface area (Å²) in [5, 5.41) is 11.9. The van der Waals surface area contributed by atoms with Gasteiger partial charge in [0.05, 0.1) is 12.8 Å². The summed E-state index contributed by atoms with van der Waals surface area (Å²) in [6, 6.07) is 6.60. The lowest BCUT2D eigenvalue weighted by atomic mass is 9.95. The number of aromatic nitrogens is 3. The van der Waals surface area contributed by atoms with Crippen LogP contribution < -0.4 is 11.2 Å². The van der Waals surface area contributed by atoms with E-state index in [0.29, 0.717) is 0 Å². The Kier molecular flexibility index (Phi) is 6.48. The van der Waals surface area contributed by atoms with Gasteiger partial charge in [-0.05, 0) is 31.4 Å². The van der Waals surface area contributed by atoms with Crippen LogP contribution in [0.4, 0.5) is 0 Å². The number of carbonyl (C=O) groups is 1. The van der Waals surface area contributed by atoms with Gasteiger partial charge in [0.2, 0.25) is 5.88 Å². The quantitative estimate of drug-likeness (QED) is 0.391. The molecular formula is C24H28N4O5. The lowest BCUT2D eigenvalue weighted by molar-refractivity contribution is -0.142. The molecule has 1 fully saturated rings. The number of benzene rings is 1. The van der Waals surface area contributed by atoms with E-state index in [0.717, 1.165) is 48.6 Å². The second-order valence-electron chi connectivity index (χ2n) is 8.44. The molecule has 3 aromatic rings. The van der Waals surface area contributed by atoms with Crippen LogP contribution in [0.3, 0.4) is 0 Å². The number of carbonyl (C=O) groups excluding carboxylic acids is 1. The molecule has 174 valence electrons. The van der Waals surface area contributed by atoms with Crippen molar-refractivity contribution >= 4 is 22.6 Å². The van der Waals surface area contributed by atoms with Crippen LogP contribution in [0.5, 0.6) is 5.88 Å².